The number of carbonyl (C=O) groups is 1. The number of nitrogens with zero attached hydrogens (tertiary/aromatic N) is 1. The second-order valence-corrected chi connectivity index (χ2v) is 6.69. The number of aromatic nitrogens is 1. The summed E-state index contributed by atoms with van der Waals surface area (Å²) < 4.78 is 6.56. The molecule has 4 nitrogen and oxygen atoms in total. The van der Waals surface area contributed by atoms with E-state index in [1.807, 2.05) is 6.07 Å². The zero-order valence-corrected chi connectivity index (χ0v) is 15.2. The van der Waals surface area contributed by atoms with Crippen LogP contribution in [0, 0.1) is 3.57 Å². The number of nitrogens with one attached hydrogen (secondary N) is 1. The van der Waals surface area contributed by atoms with Gasteiger partial charge in [0.2, 0.25) is 0 Å². The van der Waals surface area contributed by atoms with Gasteiger partial charge in [0, 0.05) is 20.4 Å². The Hall–Kier alpha value is -1.57. The number of anilines is 1. The zero-order chi connectivity index (χ0) is 16.4. The summed E-state index contributed by atoms with van der Waals surface area (Å²) in [4.78, 5) is 16.3. The van der Waals surface area contributed by atoms with Gasteiger partial charge in [-0.25, -0.2) is 4.98 Å². The molecule has 0 saturated heterocycles. The molecule has 7 heteroatoms. The Morgan fingerprint density at radius 3 is 2.65 bits per heavy atom. The molecule has 0 aliphatic carbocycles. The normalized spacial score (nSPS) is 10.6. The van der Waals surface area contributed by atoms with Crippen molar-refractivity contribution in [2.75, 3.05) is 5.32 Å². The predicted molar refractivity (Wildman–Crippen MR) is 99.1 cm³/mol. The molecule has 3 aromatic rings. The van der Waals surface area contributed by atoms with Gasteiger partial charge in [0.1, 0.15) is 11.6 Å². The molecule has 0 unspecified atom stereocenters. The number of pyridine rings is 1. The van der Waals surface area contributed by atoms with E-state index in [1.54, 1.807) is 42.6 Å². The Labute approximate surface area is 156 Å². The SMILES string of the molecule is O=C(Nc1ccc(I)cn1)c1ccc(-c2ccc(Cl)cc2Cl)o1. The molecule has 3 rings (SSSR count). The van der Waals surface area contributed by atoms with Gasteiger partial charge in [0.15, 0.2) is 5.76 Å². The van der Waals surface area contributed by atoms with Crippen LogP contribution in [0.1, 0.15) is 10.6 Å². The second-order valence-electron chi connectivity index (χ2n) is 4.60. The van der Waals surface area contributed by atoms with Crippen LogP contribution >= 0.6 is 45.8 Å². The number of rotatable bonds is 3. The molecule has 2 heterocycles. The molecule has 0 fully saturated rings. The summed E-state index contributed by atoms with van der Waals surface area (Å²) in [5, 5.41) is 3.66. The van der Waals surface area contributed by atoms with E-state index < -0.39 is 0 Å². The van der Waals surface area contributed by atoms with Crippen LogP contribution in [0.25, 0.3) is 11.3 Å². The highest BCUT2D eigenvalue weighted by Crippen LogP contribution is 2.31. The van der Waals surface area contributed by atoms with E-state index in [2.05, 4.69) is 32.9 Å². The average Bonchev–Trinajstić information content (AvgIpc) is 2.99. The highest BCUT2D eigenvalue weighted by Gasteiger charge is 2.14. The van der Waals surface area contributed by atoms with Gasteiger partial charge in [-0.2, -0.15) is 0 Å². The van der Waals surface area contributed by atoms with Crippen LogP contribution in [0.4, 0.5) is 5.82 Å². The van der Waals surface area contributed by atoms with Crippen molar-refractivity contribution in [3.05, 3.63) is 68.0 Å². The molecule has 23 heavy (non-hydrogen) atoms. The van der Waals surface area contributed by atoms with Crippen molar-refractivity contribution in [2.24, 2.45) is 0 Å². The lowest BCUT2D eigenvalue weighted by molar-refractivity contribution is 0.0997. The van der Waals surface area contributed by atoms with Gasteiger partial charge in [-0.3, -0.25) is 4.79 Å². The molecule has 1 aromatic carbocycles. The monoisotopic (exact) mass is 458 g/mol. The van der Waals surface area contributed by atoms with Gasteiger partial charge in [0.05, 0.1) is 5.02 Å². The molecule has 1 N–H and O–H groups in total. The quantitative estimate of drug-likeness (QED) is 0.527. The highest BCUT2D eigenvalue weighted by atomic mass is 127. The van der Waals surface area contributed by atoms with Crippen molar-refractivity contribution in [2.45, 2.75) is 0 Å². The lowest BCUT2D eigenvalue weighted by Gasteiger charge is -2.03. The molecule has 0 spiro atoms. The van der Waals surface area contributed by atoms with Crippen LogP contribution in [0.2, 0.25) is 10.0 Å². The van der Waals surface area contributed by atoms with Crippen LogP contribution < -0.4 is 5.32 Å². The van der Waals surface area contributed by atoms with E-state index in [0.29, 0.717) is 27.2 Å². The van der Waals surface area contributed by atoms with Gasteiger partial charge in [-0.15, -0.1) is 0 Å². The molecule has 116 valence electrons. The van der Waals surface area contributed by atoms with Crippen LogP contribution in [0.5, 0.6) is 0 Å². The minimum absolute atomic E-state index is 0.173. The van der Waals surface area contributed by atoms with Gasteiger partial charge < -0.3 is 9.73 Å². The smallest absolute Gasteiger partial charge is 0.292 e. The summed E-state index contributed by atoms with van der Waals surface area (Å²) in [6.07, 6.45) is 1.66. The third kappa shape index (κ3) is 3.85. The van der Waals surface area contributed by atoms with Gasteiger partial charge in [0.25, 0.3) is 5.91 Å². The summed E-state index contributed by atoms with van der Waals surface area (Å²) >= 11 is 14.2. The number of halogens is 3. The molecular weight excluding hydrogens is 450 g/mol. The standard InChI is InChI=1S/C16H9Cl2IN2O2/c17-9-1-3-11(12(18)7-9)13-4-5-14(23-13)16(22)21-15-6-2-10(19)8-20-15/h1-8H,(H,20,21,22). The number of furan rings is 1. The Kier molecular flexibility index (Phi) is 4.89. The Morgan fingerprint density at radius 2 is 1.96 bits per heavy atom. The molecule has 0 radical (unpaired) electrons. The molecule has 1 amide bonds. The second kappa shape index (κ2) is 6.90. The van der Waals surface area contributed by atoms with E-state index >= 15 is 0 Å². The van der Waals surface area contributed by atoms with Crippen LogP contribution in [-0.2, 0) is 0 Å². The first-order chi connectivity index (χ1) is 11.0. The predicted octanol–water partition coefficient (Wildman–Crippen LogP) is 5.51. The van der Waals surface area contributed by atoms with E-state index in [1.165, 1.54) is 0 Å². The maximum atomic E-state index is 12.2. The number of carbonyl (C=O) groups excluding carboxylic acids is 1. The largest absolute Gasteiger partial charge is 0.451 e. The Balaban J connectivity index is 1.81. The fourth-order valence-electron chi connectivity index (χ4n) is 1.92. The molecular formula is C16H9Cl2IN2O2. The maximum Gasteiger partial charge on any atom is 0.292 e. The first-order valence-corrected chi connectivity index (χ1v) is 8.34. The summed E-state index contributed by atoms with van der Waals surface area (Å²) in [5.74, 6) is 0.742. The molecule has 2 aromatic heterocycles. The average molecular weight is 459 g/mol. The van der Waals surface area contributed by atoms with Crippen LogP contribution in [0.15, 0.2) is 53.1 Å². The first-order valence-electron chi connectivity index (χ1n) is 6.51. The minimum Gasteiger partial charge on any atom is -0.451 e. The van der Waals surface area contributed by atoms with Crippen molar-refractivity contribution in [1.29, 1.82) is 0 Å². The van der Waals surface area contributed by atoms with Crippen molar-refractivity contribution in [1.82, 2.24) is 4.98 Å². The number of hydrogen-bond donors (Lipinski definition) is 1. The van der Waals surface area contributed by atoms with Crippen molar-refractivity contribution >= 4 is 57.5 Å². The van der Waals surface area contributed by atoms with Crippen molar-refractivity contribution in [3.63, 3.8) is 0 Å². The fourth-order valence-corrected chi connectivity index (χ4v) is 2.74. The summed E-state index contributed by atoms with van der Waals surface area (Å²) in [6, 6.07) is 11.9. The first kappa shape index (κ1) is 16.3. The Bertz CT molecular complexity index is 863. The minimum atomic E-state index is -0.380. The zero-order valence-electron chi connectivity index (χ0n) is 11.5. The third-order valence-electron chi connectivity index (χ3n) is 3.00. The van der Waals surface area contributed by atoms with Gasteiger partial charge in [-0.1, -0.05) is 23.2 Å². The number of hydrogen-bond acceptors (Lipinski definition) is 3. The molecule has 0 aliphatic rings. The van der Waals surface area contributed by atoms with Crippen LogP contribution in [0.3, 0.4) is 0 Å². The van der Waals surface area contributed by atoms with Crippen molar-refractivity contribution in [3.8, 4) is 11.3 Å². The van der Waals surface area contributed by atoms with Crippen molar-refractivity contribution < 1.29 is 9.21 Å². The molecule has 0 atom stereocenters. The maximum absolute atomic E-state index is 12.2. The van der Waals surface area contributed by atoms with E-state index in [4.69, 9.17) is 27.6 Å². The summed E-state index contributed by atoms with van der Waals surface area (Å²) in [6.45, 7) is 0. The lowest BCUT2D eigenvalue weighted by Crippen LogP contribution is -2.11. The highest BCUT2D eigenvalue weighted by molar-refractivity contribution is 14.1. The topological polar surface area (TPSA) is 55.1 Å². The Morgan fingerprint density at radius 1 is 1.13 bits per heavy atom. The summed E-state index contributed by atoms with van der Waals surface area (Å²) in [7, 11) is 0. The lowest BCUT2D eigenvalue weighted by atomic mass is 10.2. The van der Waals surface area contributed by atoms with E-state index in [9.17, 15) is 4.79 Å². The van der Waals surface area contributed by atoms with Crippen LogP contribution in [-0.4, -0.2) is 10.9 Å². The number of amides is 1. The fraction of sp³-hybridized carbons (Fsp3) is 0. The summed E-state index contributed by atoms with van der Waals surface area (Å²) in [5.41, 5.74) is 0.669. The van der Waals surface area contributed by atoms with E-state index in [-0.39, 0.29) is 11.7 Å². The molecule has 0 bridgehead atoms. The van der Waals surface area contributed by atoms with E-state index in [0.717, 1.165) is 3.57 Å². The molecule has 0 saturated carbocycles. The number of benzene rings is 1. The van der Waals surface area contributed by atoms with Gasteiger partial charge in [-0.05, 0) is 65.1 Å². The van der Waals surface area contributed by atoms with Gasteiger partial charge >= 0.3 is 0 Å². The third-order valence-corrected chi connectivity index (χ3v) is 4.18. The molecule has 0 aliphatic heterocycles.